The number of hydrogen-bond acceptors (Lipinski definition) is 5. The number of carbonyl (C=O) groups excluding carboxylic acids is 1. The SMILES string of the molecule is Cn1ccnc1CN1CCN(CC(=O)N2CCN(Cc3ccccc3)CC2)CC1. The summed E-state index contributed by atoms with van der Waals surface area (Å²) in [4.78, 5) is 26.4. The first-order valence-electron chi connectivity index (χ1n) is 10.6. The lowest BCUT2D eigenvalue weighted by atomic mass is 10.2. The summed E-state index contributed by atoms with van der Waals surface area (Å²) in [6.45, 7) is 9.88. The quantitative estimate of drug-likeness (QED) is 0.726. The summed E-state index contributed by atoms with van der Waals surface area (Å²) in [6, 6.07) is 10.6. The van der Waals surface area contributed by atoms with E-state index in [1.165, 1.54) is 5.56 Å². The van der Waals surface area contributed by atoms with Crippen LogP contribution in [-0.2, 0) is 24.9 Å². The number of aryl methyl sites for hydroxylation is 1. The molecule has 4 rings (SSSR count). The number of rotatable bonds is 6. The normalized spacial score (nSPS) is 19.6. The van der Waals surface area contributed by atoms with Gasteiger partial charge in [0.1, 0.15) is 5.82 Å². The highest BCUT2D eigenvalue weighted by atomic mass is 16.2. The maximum atomic E-state index is 12.8. The molecule has 7 heteroatoms. The van der Waals surface area contributed by atoms with Gasteiger partial charge in [-0.25, -0.2) is 4.98 Å². The third-order valence-corrected chi connectivity index (χ3v) is 6.08. The fourth-order valence-electron chi connectivity index (χ4n) is 4.14. The zero-order valence-electron chi connectivity index (χ0n) is 17.4. The molecular formula is C22H32N6O. The molecule has 1 aromatic heterocycles. The summed E-state index contributed by atoms with van der Waals surface area (Å²) in [6.07, 6.45) is 3.84. The zero-order valence-corrected chi connectivity index (χ0v) is 17.4. The van der Waals surface area contributed by atoms with E-state index in [9.17, 15) is 4.79 Å². The van der Waals surface area contributed by atoms with Crippen molar-refractivity contribution in [2.75, 3.05) is 58.9 Å². The lowest BCUT2D eigenvalue weighted by Gasteiger charge is -2.38. The van der Waals surface area contributed by atoms with Crippen LogP contribution in [0.4, 0.5) is 0 Å². The molecule has 156 valence electrons. The van der Waals surface area contributed by atoms with Crippen LogP contribution in [0.25, 0.3) is 0 Å². The molecule has 3 heterocycles. The lowest BCUT2D eigenvalue weighted by molar-refractivity contribution is -0.134. The Hall–Kier alpha value is -2.22. The largest absolute Gasteiger partial charge is 0.339 e. The van der Waals surface area contributed by atoms with Crippen LogP contribution in [0.5, 0.6) is 0 Å². The lowest BCUT2D eigenvalue weighted by Crippen LogP contribution is -2.53. The number of carbonyl (C=O) groups is 1. The average molecular weight is 397 g/mol. The van der Waals surface area contributed by atoms with Crippen molar-refractivity contribution < 1.29 is 4.79 Å². The van der Waals surface area contributed by atoms with Gasteiger partial charge in [0.25, 0.3) is 0 Å². The molecule has 0 N–H and O–H groups in total. The minimum Gasteiger partial charge on any atom is -0.339 e. The molecule has 2 aromatic rings. The van der Waals surface area contributed by atoms with E-state index in [2.05, 4.69) is 54.6 Å². The van der Waals surface area contributed by atoms with E-state index < -0.39 is 0 Å². The van der Waals surface area contributed by atoms with Crippen LogP contribution in [0.15, 0.2) is 42.7 Å². The van der Waals surface area contributed by atoms with E-state index in [0.29, 0.717) is 6.54 Å². The molecule has 0 aliphatic carbocycles. The van der Waals surface area contributed by atoms with Gasteiger partial charge in [-0.2, -0.15) is 0 Å². The fraction of sp³-hybridized carbons (Fsp3) is 0.545. The van der Waals surface area contributed by atoms with Crippen LogP contribution in [0.1, 0.15) is 11.4 Å². The monoisotopic (exact) mass is 396 g/mol. The molecular weight excluding hydrogens is 364 g/mol. The maximum Gasteiger partial charge on any atom is 0.236 e. The Morgan fingerprint density at radius 1 is 0.862 bits per heavy atom. The minimum absolute atomic E-state index is 0.280. The van der Waals surface area contributed by atoms with Crippen molar-refractivity contribution in [1.29, 1.82) is 0 Å². The van der Waals surface area contributed by atoms with Crippen LogP contribution in [0, 0.1) is 0 Å². The second kappa shape index (κ2) is 9.52. The van der Waals surface area contributed by atoms with E-state index >= 15 is 0 Å². The maximum absolute atomic E-state index is 12.8. The Morgan fingerprint density at radius 2 is 1.48 bits per heavy atom. The van der Waals surface area contributed by atoms with Gasteiger partial charge in [0.2, 0.25) is 5.91 Å². The molecule has 0 bridgehead atoms. The third-order valence-electron chi connectivity index (χ3n) is 6.08. The fourth-order valence-corrected chi connectivity index (χ4v) is 4.14. The third kappa shape index (κ3) is 5.44. The molecule has 2 saturated heterocycles. The molecule has 0 unspecified atom stereocenters. The van der Waals surface area contributed by atoms with Crippen molar-refractivity contribution in [2.45, 2.75) is 13.1 Å². The molecule has 1 aromatic carbocycles. The van der Waals surface area contributed by atoms with E-state index in [1.54, 1.807) is 0 Å². The van der Waals surface area contributed by atoms with Crippen LogP contribution in [-0.4, -0.2) is 94.0 Å². The minimum atomic E-state index is 0.280. The zero-order chi connectivity index (χ0) is 20.1. The smallest absolute Gasteiger partial charge is 0.236 e. The van der Waals surface area contributed by atoms with E-state index in [1.807, 2.05) is 24.3 Å². The standard InChI is InChI=1S/C22H32N6O/c1-24-8-7-23-21(24)18-26-9-11-27(12-10-26)19-22(29)28-15-13-25(14-16-28)17-20-5-3-2-4-6-20/h2-8H,9-19H2,1H3. The molecule has 2 aliphatic heterocycles. The predicted octanol–water partition coefficient (Wildman–Crippen LogP) is 0.882. The van der Waals surface area contributed by atoms with Crippen LogP contribution >= 0.6 is 0 Å². The summed E-state index contributed by atoms with van der Waals surface area (Å²) >= 11 is 0. The molecule has 0 atom stereocenters. The highest BCUT2D eigenvalue weighted by Crippen LogP contribution is 2.10. The van der Waals surface area contributed by atoms with Gasteiger partial charge in [-0.1, -0.05) is 30.3 Å². The van der Waals surface area contributed by atoms with Crippen LogP contribution in [0.3, 0.4) is 0 Å². The van der Waals surface area contributed by atoms with E-state index in [4.69, 9.17) is 0 Å². The Kier molecular flexibility index (Phi) is 6.59. The number of imidazole rings is 1. The Balaban J connectivity index is 1.16. The summed E-state index contributed by atoms with van der Waals surface area (Å²) in [5.41, 5.74) is 1.34. The topological polar surface area (TPSA) is 47.9 Å². The van der Waals surface area contributed by atoms with Gasteiger partial charge >= 0.3 is 0 Å². The van der Waals surface area contributed by atoms with Crippen molar-refractivity contribution in [3.05, 3.63) is 54.1 Å². The summed E-state index contributed by atoms with van der Waals surface area (Å²) < 4.78 is 2.08. The van der Waals surface area contributed by atoms with Crippen LogP contribution in [0.2, 0.25) is 0 Å². The van der Waals surface area contributed by atoms with Gasteiger partial charge in [-0.3, -0.25) is 19.5 Å². The Bertz CT molecular complexity index is 776. The summed E-state index contributed by atoms with van der Waals surface area (Å²) in [5, 5.41) is 0. The first-order valence-corrected chi connectivity index (χ1v) is 10.6. The number of benzene rings is 1. The first-order chi connectivity index (χ1) is 14.2. The van der Waals surface area contributed by atoms with Crippen molar-refractivity contribution >= 4 is 5.91 Å². The highest BCUT2D eigenvalue weighted by molar-refractivity contribution is 5.78. The number of piperazine rings is 2. The van der Waals surface area contributed by atoms with Crippen molar-refractivity contribution in [2.24, 2.45) is 7.05 Å². The summed E-state index contributed by atoms with van der Waals surface area (Å²) in [7, 11) is 2.04. The number of aromatic nitrogens is 2. The number of amides is 1. The molecule has 0 spiro atoms. The van der Waals surface area contributed by atoms with Crippen LogP contribution < -0.4 is 0 Å². The molecule has 1 amide bonds. The Morgan fingerprint density at radius 3 is 2.14 bits per heavy atom. The van der Waals surface area contributed by atoms with Gasteiger partial charge in [-0.05, 0) is 5.56 Å². The number of nitrogens with zero attached hydrogens (tertiary/aromatic N) is 6. The second-order valence-electron chi connectivity index (χ2n) is 8.15. The van der Waals surface area contributed by atoms with Gasteiger partial charge in [0, 0.05) is 78.3 Å². The molecule has 7 nitrogen and oxygen atoms in total. The Labute approximate surface area is 173 Å². The van der Waals surface area contributed by atoms with E-state index in [-0.39, 0.29) is 5.91 Å². The first kappa shape index (κ1) is 20.1. The predicted molar refractivity (Wildman–Crippen MR) is 113 cm³/mol. The molecule has 0 radical (unpaired) electrons. The van der Waals surface area contributed by atoms with Crippen molar-refractivity contribution in [3.8, 4) is 0 Å². The van der Waals surface area contributed by atoms with Crippen molar-refractivity contribution in [1.82, 2.24) is 29.2 Å². The molecule has 0 saturated carbocycles. The molecule has 2 aliphatic rings. The van der Waals surface area contributed by atoms with Gasteiger partial charge in [0.15, 0.2) is 0 Å². The average Bonchev–Trinajstić information content (AvgIpc) is 3.15. The van der Waals surface area contributed by atoms with Gasteiger partial charge in [-0.15, -0.1) is 0 Å². The second-order valence-corrected chi connectivity index (χ2v) is 8.15. The summed E-state index contributed by atoms with van der Waals surface area (Å²) in [5.74, 6) is 1.38. The molecule has 2 fully saturated rings. The van der Waals surface area contributed by atoms with Gasteiger partial charge in [0.05, 0.1) is 13.1 Å². The van der Waals surface area contributed by atoms with Crippen molar-refractivity contribution in [3.63, 3.8) is 0 Å². The number of hydrogen-bond donors (Lipinski definition) is 0. The van der Waals surface area contributed by atoms with Gasteiger partial charge < -0.3 is 9.47 Å². The highest BCUT2D eigenvalue weighted by Gasteiger charge is 2.25. The van der Waals surface area contributed by atoms with E-state index in [0.717, 1.165) is 71.3 Å². The molecule has 29 heavy (non-hydrogen) atoms.